The lowest BCUT2D eigenvalue weighted by molar-refractivity contribution is 0.523. The molecule has 4 nitrogen and oxygen atoms in total. The second kappa shape index (κ2) is 5.98. The molecule has 0 bridgehead atoms. The van der Waals surface area contributed by atoms with Crippen LogP contribution in [0.5, 0.6) is 0 Å². The van der Waals surface area contributed by atoms with Gasteiger partial charge in [0.15, 0.2) is 0 Å². The molecule has 2 aromatic rings. The van der Waals surface area contributed by atoms with Gasteiger partial charge in [0.25, 0.3) is 0 Å². The number of hydrogen-bond acceptors (Lipinski definition) is 3. The number of nitrogens with zero attached hydrogens (tertiary/aromatic N) is 3. The highest BCUT2D eigenvalue weighted by atomic mass is 35.5. The van der Waals surface area contributed by atoms with E-state index < -0.39 is 0 Å². The molecule has 0 aliphatic heterocycles. The Balaban J connectivity index is 1.96. The van der Waals surface area contributed by atoms with Gasteiger partial charge >= 0.3 is 0 Å². The molecule has 18 heavy (non-hydrogen) atoms. The van der Waals surface area contributed by atoms with Crippen LogP contribution in [0.15, 0.2) is 30.6 Å². The first-order valence-electron chi connectivity index (χ1n) is 6.06. The van der Waals surface area contributed by atoms with E-state index in [9.17, 15) is 0 Å². The van der Waals surface area contributed by atoms with Gasteiger partial charge < -0.3 is 5.32 Å². The molecule has 5 heteroatoms. The highest BCUT2D eigenvalue weighted by Crippen LogP contribution is 2.16. The van der Waals surface area contributed by atoms with E-state index in [1.165, 1.54) is 5.56 Å². The summed E-state index contributed by atoms with van der Waals surface area (Å²) in [6.45, 7) is 5.72. The van der Waals surface area contributed by atoms with Crippen molar-refractivity contribution in [3.63, 3.8) is 0 Å². The molecule has 0 spiro atoms. The van der Waals surface area contributed by atoms with Gasteiger partial charge in [0.2, 0.25) is 0 Å². The molecular formula is C13H17ClN4. The largest absolute Gasteiger partial charge is 0.303 e. The molecule has 1 aromatic carbocycles. The molecule has 0 radical (unpaired) electrons. The molecule has 0 saturated heterocycles. The monoisotopic (exact) mass is 264 g/mol. The van der Waals surface area contributed by atoms with E-state index in [-0.39, 0.29) is 6.04 Å². The van der Waals surface area contributed by atoms with Crippen molar-refractivity contribution in [3.05, 3.63) is 47.0 Å². The molecule has 0 aliphatic carbocycles. The van der Waals surface area contributed by atoms with Crippen molar-refractivity contribution >= 4 is 11.6 Å². The molecule has 1 N–H and O–H groups in total. The van der Waals surface area contributed by atoms with Gasteiger partial charge in [-0.1, -0.05) is 23.7 Å². The number of aryl methyl sites for hydroxylation is 1. The summed E-state index contributed by atoms with van der Waals surface area (Å²) >= 11 is 5.87. The van der Waals surface area contributed by atoms with Gasteiger partial charge in [-0.15, -0.1) is 0 Å². The first kappa shape index (κ1) is 13.1. The van der Waals surface area contributed by atoms with Crippen molar-refractivity contribution in [2.24, 2.45) is 0 Å². The molecule has 1 atom stereocenters. The lowest BCUT2D eigenvalue weighted by atomic mass is 10.1. The van der Waals surface area contributed by atoms with Crippen LogP contribution >= 0.6 is 11.6 Å². The van der Waals surface area contributed by atoms with Gasteiger partial charge in [-0.3, -0.25) is 0 Å². The number of nitrogens with one attached hydrogen (secondary N) is 1. The van der Waals surface area contributed by atoms with E-state index in [4.69, 9.17) is 11.6 Å². The Morgan fingerprint density at radius 2 is 2.06 bits per heavy atom. The van der Waals surface area contributed by atoms with Gasteiger partial charge in [0.1, 0.15) is 12.2 Å². The minimum absolute atomic E-state index is 0.254. The van der Waals surface area contributed by atoms with Gasteiger partial charge in [-0.2, -0.15) is 5.10 Å². The van der Waals surface area contributed by atoms with E-state index in [0.29, 0.717) is 6.54 Å². The van der Waals surface area contributed by atoms with E-state index in [2.05, 4.69) is 29.2 Å². The van der Waals surface area contributed by atoms with Crippen molar-refractivity contribution in [1.29, 1.82) is 0 Å². The molecule has 1 aromatic heterocycles. The number of rotatable bonds is 5. The van der Waals surface area contributed by atoms with Gasteiger partial charge in [-0.05, 0) is 31.5 Å². The van der Waals surface area contributed by atoms with Crippen LogP contribution in [0.25, 0.3) is 0 Å². The Bertz CT molecular complexity index is 492. The maximum Gasteiger partial charge on any atom is 0.140 e. The van der Waals surface area contributed by atoms with Gasteiger partial charge in [0, 0.05) is 17.6 Å². The SMILES string of the molecule is CCn1ncnc1CN[C@@H](C)c1ccc(Cl)cc1. The highest BCUT2D eigenvalue weighted by Gasteiger charge is 2.07. The number of aromatic nitrogens is 3. The number of hydrogen-bond donors (Lipinski definition) is 1. The fourth-order valence-corrected chi connectivity index (χ4v) is 1.93. The van der Waals surface area contributed by atoms with Crippen LogP contribution in [-0.4, -0.2) is 14.8 Å². The fraction of sp³-hybridized carbons (Fsp3) is 0.385. The lowest BCUT2D eigenvalue weighted by Gasteiger charge is -2.14. The number of benzene rings is 1. The summed E-state index contributed by atoms with van der Waals surface area (Å²) in [6.07, 6.45) is 1.59. The van der Waals surface area contributed by atoms with Gasteiger partial charge in [-0.25, -0.2) is 9.67 Å². The molecule has 2 rings (SSSR count). The van der Waals surface area contributed by atoms with Crippen molar-refractivity contribution in [2.75, 3.05) is 0 Å². The molecule has 0 amide bonds. The maximum absolute atomic E-state index is 5.87. The Morgan fingerprint density at radius 1 is 1.33 bits per heavy atom. The molecule has 0 aliphatic rings. The predicted molar refractivity (Wildman–Crippen MR) is 72.4 cm³/mol. The molecule has 0 unspecified atom stereocenters. The smallest absolute Gasteiger partial charge is 0.140 e. The summed E-state index contributed by atoms with van der Waals surface area (Å²) in [6, 6.07) is 8.13. The van der Waals surface area contributed by atoms with Gasteiger partial charge in [0.05, 0.1) is 6.54 Å². The Morgan fingerprint density at radius 3 is 2.72 bits per heavy atom. The summed E-state index contributed by atoms with van der Waals surface area (Å²) in [5, 5.41) is 8.33. The van der Waals surface area contributed by atoms with Crippen LogP contribution in [0.4, 0.5) is 0 Å². The van der Waals surface area contributed by atoms with Crippen LogP contribution in [0, 0.1) is 0 Å². The van der Waals surface area contributed by atoms with Crippen LogP contribution in [0.1, 0.15) is 31.3 Å². The van der Waals surface area contributed by atoms with E-state index in [1.807, 2.05) is 28.9 Å². The minimum Gasteiger partial charge on any atom is -0.303 e. The second-order valence-corrected chi connectivity index (χ2v) is 4.58. The Kier molecular flexibility index (Phi) is 4.33. The average Bonchev–Trinajstić information content (AvgIpc) is 2.84. The van der Waals surface area contributed by atoms with Crippen molar-refractivity contribution in [3.8, 4) is 0 Å². The molecular weight excluding hydrogens is 248 g/mol. The summed E-state index contributed by atoms with van der Waals surface area (Å²) in [7, 11) is 0. The van der Waals surface area contributed by atoms with Crippen molar-refractivity contribution in [1.82, 2.24) is 20.1 Å². The van der Waals surface area contributed by atoms with Crippen LogP contribution in [0.2, 0.25) is 5.02 Å². The van der Waals surface area contributed by atoms with Crippen LogP contribution in [0.3, 0.4) is 0 Å². The Labute approximate surface area is 112 Å². The van der Waals surface area contributed by atoms with Crippen molar-refractivity contribution < 1.29 is 0 Å². The normalized spacial score (nSPS) is 12.6. The zero-order chi connectivity index (χ0) is 13.0. The fourth-order valence-electron chi connectivity index (χ4n) is 1.80. The van der Waals surface area contributed by atoms with Crippen LogP contribution in [-0.2, 0) is 13.1 Å². The third-order valence-corrected chi connectivity index (χ3v) is 3.18. The summed E-state index contributed by atoms with van der Waals surface area (Å²) in [5.74, 6) is 0.957. The molecule has 1 heterocycles. The molecule has 0 fully saturated rings. The van der Waals surface area contributed by atoms with Crippen molar-refractivity contribution in [2.45, 2.75) is 33.0 Å². The zero-order valence-corrected chi connectivity index (χ0v) is 11.4. The lowest BCUT2D eigenvalue weighted by Crippen LogP contribution is -2.20. The maximum atomic E-state index is 5.87. The minimum atomic E-state index is 0.254. The summed E-state index contributed by atoms with van der Waals surface area (Å²) in [4.78, 5) is 4.24. The predicted octanol–water partition coefficient (Wildman–Crippen LogP) is 2.80. The first-order valence-corrected chi connectivity index (χ1v) is 6.44. The number of halogens is 1. The summed E-state index contributed by atoms with van der Waals surface area (Å²) < 4.78 is 1.89. The average molecular weight is 265 g/mol. The quantitative estimate of drug-likeness (QED) is 0.903. The van der Waals surface area contributed by atoms with Crippen LogP contribution < -0.4 is 5.32 Å². The second-order valence-electron chi connectivity index (χ2n) is 4.15. The van der Waals surface area contributed by atoms with E-state index in [1.54, 1.807) is 6.33 Å². The topological polar surface area (TPSA) is 42.7 Å². The first-order chi connectivity index (χ1) is 8.70. The molecule has 96 valence electrons. The molecule has 0 saturated carbocycles. The zero-order valence-electron chi connectivity index (χ0n) is 10.6. The Hall–Kier alpha value is -1.39. The third kappa shape index (κ3) is 3.09. The van der Waals surface area contributed by atoms with E-state index >= 15 is 0 Å². The summed E-state index contributed by atoms with van der Waals surface area (Å²) in [5.41, 5.74) is 1.21. The van der Waals surface area contributed by atoms with E-state index in [0.717, 1.165) is 17.4 Å². The third-order valence-electron chi connectivity index (χ3n) is 2.93. The highest BCUT2D eigenvalue weighted by molar-refractivity contribution is 6.30. The standard InChI is InChI=1S/C13H17ClN4/c1-3-18-13(16-9-17-18)8-15-10(2)11-4-6-12(14)7-5-11/h4-7,9-10,15H,3,8H2,1-2H3/t10-/m0/s1.